The van der Waals surface area contributed by atoms with Gasteiger partial charge in [0, 0.05) is 32.6 Å². The smallest absolute Gasteiger partial charge is 0.223 e. The van der Waals surface area contributed by atoms with Gasteiger partial charge in [0.1, 0.15) is 0 Å². The summed E-state index contributed by atoms with van der Waals surface area (Å²) in [7, 11) is -3.37. The Kier molecular flexibility index (Phi) is 5.36. The second kappa shape index (κ2) is 6.84. The third-order valence-corrected chi connectivity index (χ3v) is 5.63. The fraction of sp³-hybridized carbons (Fsp3) is 0.917. The molecule has 0 aromatic rings. The van der Waals surface area contributed by atoms with Crippen LogP contribution >= 0.6 is 0 Å². The van der Waals surface area contributed by atoms with Crippen LogP contribution in [0.1, 0.15) is 19.3 Å². The minimum Gasteiger partial charge on any atom is -0.393 e. The molecule has 2 saturated heterocycles. The first kappa shape index (κ1) is 15.7. The standard InChI is InChI=1S/C12H22N2O5S/c15-11-1-4-13(5-2-11)12(16)3-10-20(17,18)14-6-8-19-9-7-14/h11,15H,1-10H2. The Morgan fingerprint density at radius 2 is 1.75 bits per heavy atom. The number of rotatable bonds is 4. The number of aliphatic hydroxyl groups excluding tert-OH is 1. The monoisotopic (exact) mass is 306 g/mol. The van der Waals surface area contributed by atoms with Crippen molar-refractivity contribution >= 4 is 15.9 Å². The second-order valence-electron chi connectivity index (χ2n) is 5.19. The highest BCUT2D eigenvalue weighted by molar-refractivity contribution is 7.89. The van der Waals surface area contributed by atoms with Crippen LogP contribution in [0.3, 0.4) is 0 Å². The van der Waals surface area contributed by atoms with Crippen LogP contribution in [0.15, 0.2) is 0 Å². The summed E-state index contributed by atoms with van der Waals surface area (Å²) in [5.74, 6) is -0.293. The average Bonchev–Trinajstić information content (AvgIpc) is 2.46. The van der Waals surface area contributed by atoms with Gasteiger partial charge in [0.05, 0.1) is 25.1 Å². The van der Waals surface area contributed by atoms with Gasteiger partial charge in [0.2, 0.25) is 15.9 Å². The van der Waals surface area contributed by atoms with Crippen molar-refractivity contribution < 1.29 is 23.1 Å². The van der Waals surface area contributed by atoms with Crippen LogP contribution in [0.2, 0.25) is 0 Å². The molecule has 0 radical (unpaired) electrons. The predicted molar refractivity (Wildman–Crippen MR) is 72.6 cm³/mol. The van der Waals surface area contributed by atoms with Crippen LogP contribution in [0.4, 0.5) is 0 Å². The first-order valence-corrected chi connectivity index (χ1v) is 8.61. The molecular weight excluding hydrogens is 284 g/mol. The molecule has 2 aliphatic rings. The first-order valence-electron chi connectivity index (χ1n) is 7.00. The molecule has 0 aromatic carbocycles. The molecule has 2 fully saturated rings. The minimum atomic E-state index is -3.37. The second-order valence-corrected chi connectivity index (χ2v) is 7.28. The van der Waals surface area contributed by atoms with Crippen molar-refractivity contribution in [2.24, 2.45) is 0 Å². The molecule has 0 aromatic heterocycles. The van der Waals surface area contributed by atoms with Gasteiger partial charge in [0.15, 0.2) is 0 Å². The van der Waals surface area contributed by atoms with Crippen LogP contribution in [0, 0.1) is 0 Å². The predicted octanol–water partition coefficient (Wildman–Crippen LogP) is -0.978. The lowest BCUT2D eigenvalue weighted by molar-refractivity contribution is -0.132. The summed E-state index contributed by atoms with van der Waals surface area (Å²) in [6, 6.07) is 0. The molecule has 0 unspecified atom stereocenters. The normalized spacial score (nSPS) is 22.9. The molecule has 2 heterocycles. The van der Waals surface area contributed by atoms with E-state index in [9.17, 15) is 18.3 Å². The number of aliphatic hydroxyl groups is 1. The number of morpholine rings is 1. The van der Waals surface area contributed by atoms with Crippen LogP contribution in [0.5, 0.6) is 0 Å². The number of likely N-dealkylation sites (tertiary alicyclic amines) is 1. The molecule has 1 N–H and O–H groups in total. The zero-order valence-corrected chi connectivity index (χ0v) is 12.3. The largest absolute Gasteiger partial charge is 0.393 e. The van der Waals surface area contributed by atoms with E-state index in [4.69, 9.17) is 4.74 Å². The maximum absolute atomic E-state index is 12.1. The molecule has 2 rings (SSSR count). The Balaban J connectivity index is 1.80. The number of hydrogen-bond acceptors (Lipinski definition) is 5. The maximum atomic E-state index is 12.1. The number of ether oxygens (including phenoxy) is 1. The summed E-state index contributed by atoms with van der Waals surface area (Å²) in [5.41, 5.74) is 0. The highest BCUT2D eigenvalue weighted by Gasteiger charge is 2.27. The zero-order valence-electron chi connectivity index (χ0n) is 11.5. The highest BCUT2D eigenvalue weighted by Crippen LogP contribution is 2.13. The maximum Gasteiger partial charge on any atom is 0.223 e. The summed E-state index contributed by atoms with van der Waals surface area (Å²) in [4.78, 5) is 13.6. The fourth-order valence-corrected chi connectivity index (χ4v) is 3.84. The Morgan fingerprint density at radius 1 is 1.15 bits per heavy atom. The van der Waals surface area contributed by atoms with E-state index in [1.165, 1.54) is 4.31 Å². The molecule has 0 bridgehead atoms. The summed E-state index contributed by atoms with van der Waals surface area (Å²) in [5, 5.41) is 9.39. The zero-order chi connectivity index (χ0) is 14.6. The van der Waals surface area contributed by atoms with Gasteiger partial charge in [-0.15, -0.1) is 0 Å². The molecular formula is C12H22N2O5S. The van der Waals surface area contributed by atoms with Gasteiger partial charge in [-0.3, -0.25) is 4.79 Å². The molecule has 7 nitrogen and oxygen atoms in total. The lowest BCUT2D eigenvalue weighted by atomic mass is 10.1. The van der Waals surface area contributed by atoms with Crippen LogP contribution < -0.4 is 0 Å². The van der Waals surface area contributed by atoms with Crippen LogP contribution in [0.25, 0.3) is 0 Å². The third kappa shape index (κ3) is 4.15. The van der Waals surface area contributed by atoms with Gasteiger partial charge in [-0.1, -0.05) is 0 Å². The summed E-state index contributed by atoms with van der Waals surface area (Å²) in [6.07, 6.45) is 0.816. The molecule has 2 aliphatic heterocycles. The molecule has 1 amide bonds. The van der Waals surface area contributed by atoms with Crippen molar-refractivity contribution in [3.8, 4) is 0 Å². The van der Waals surface area contributed by atoms with Gasteiger partial charge in [0.25, 0.3) is 0 Å². The molecule has 0 spiro atoms. The molecule has 0 aliphatic carbocycles. The molecule has 0 atom stereocenters. The van der Waals surface area contributed by atoms with E-state index in [1.54, 1.807) is 4.90 Å². The SMILES string of the molecule is O=C(CCS(=O)(=O)N1CCOCC1)N1CCC(O)CC1. The van der Waals surface area contributed by atoms with Gasteiger partial charge in [-0.25, -0.2) is 8.42 Å². The minimum absolute atomic E-state index is 0.00971. The number of piperidine rings is 1. The summed E-state index contributed by atoms with van der Waals surface area (Å²) < 4.78 is 30.7. The number of carbonyl (C=O) groups excluding carboxylic acids is 1. The number of carbonyl (C=O) groups is 1. The Hall–Kier alpha value is -0.700. The van der Waals surface area contributed by atoms with E-state index < -0.39 is 10.0 Å². The van der Waals surface area contributed by atoms with Crippen LogP contribution in [-0.4, -0.2) is 79.9 Å². The Bertz CT molecular complexity index is 425. The van der Waals surface area contributed by atoms with Gasteiger partial charge in [-0.2, -0.15) is 4.31 Å². The number of amides is 1. The van der Waals surface area contributed by atoms with E-state index in [1.807, 2.05) is 0 Å². The lowest BCUT2D eigenvalue weighted by Gasteiger charge is -2.30. The van der Waals surface area contributed by atoms with Gasteiger partial charge in [-0.05, 0) is 12.8 Å². The highest BCUT2D eigenvalue weighted by atomic mass is 32.2. The number of hydrogen-bond donors (Lipinski definition) is 1. The summed E-state index contributed by atoms with van der Waals surface area (Å²) in [6.45, 7) is 2.59. The first-order chi connectivity index (χ1) is 9.49. The van der Waals surface area contributed by atoms with Crippen molar-refractivity contribution in [3.63, 3.8) is 0 Å². The topological polar surface area (TPSA) is 87.2 Å². The van der Waals surface area contributed by atoms with E-state index >= 15 is 0 Å². The van der Waals surface area contributed by atoms with E-state index in [0.29, 0.717) is 52.2 Å². The van der Waals surface area contributed by atoms with Crippen molar-refractivity contribution in [1.29, 1.82) is 0 Å². The quantitative estimate of drug-likeness (QED) is 0.721. The molecule has 20 heavy (non-hydrogen) atoms. The Labute approximate surface area is 119 Å². The van der Waals surface area contributed by atoms with Crippen molar-refractivity contribution in [2.45, 2.75) is 25.4 Å². The molecule has 8 heteroatoms. The summed E-state index contributed by atoms with van der Waals surface area (Å²) >= 11 is 0. The van der Waals surface area contributed by atoms with Crippen molar-refractivity contribution in [2.75, 3.05) is 45.1 Å². The van der Waals surface area contributed by atoms with Gasteiger partial charge < -0.3 is 14.7 Å². The van der Waals surface area contributed by atoms with Crippen molar-refractivity contribution in [1.82, 2.24) is 9.21 Å². The number of nitrogens with zero attached hydrogens (tertiary/aromatic N) is 2. The molecule has 116 valence electrons. The molecule has 0 saturated carbocycles. The van der Waals surface area contributed by atoms with Gasteiger partial charge >= 0.3 is 0 Å². The average molecular weight is 306 g/mol. The van der Waals surface area contributed by atoms with E-state index in [0.717, 1.165) is 0 Å². The van der Waals surface area contributed by atoms with Crippen LogP contribution in [-0.2, 0) is 19.6 Å². The lowest BCUT2D eigenvalue weighted by Crippen LogP contribution is -2.44. The fourth-order valence-electron chi connectivity index (χ4n) is 2.44. The van der Waals surface area contributed by atoms with Crippen molar-refractivity contribution in [3.05, 3.63) is 0 Å². The Morgan fingerprint density at radius 3 is 2.35 bits per heavy atom. The number of sulfonamides is 1. The van der Waals surface area contributed by atoms with E-state index in [2.05, 4.69) is 0 Å². The van der Waals surface area contributed by atoms with E-state index in [-0.39, 0.29) is 24.2 Å². The third-order valence-electron chi connectivity index (χ3n) is 3.75.